The largest absolute Gasteiger partial charge is 0.394 e. The Balaban J connectivity index is 1.78. The van der Waals surface area contributed by atoms with E-state index in [0.717, 1.165) is 12.8 Å². The molecule has 2 aliphatic heterocycles. The summed E-state index contributed by atoms with van der Waals surface area (Å²) in [4.78, 5) is 13.7. The second-order valence-corrected chi connectivity index (χ2v) is 8.42. The lowest BCUT2D eigenvalue weighted by Gasteiger charge is -2.23. The van der Waals surface area contributed by atoms with Crippen molar-refractivity contribution in [2.75, 3.05) is 30.4 Å². The van der Waals surface area contributed by atoms with Crippen LogP contribution < -0.4 is 0 Å². The number of aliphatic hydroxyl groups is 1. The minimum absolute atomic E-state index is 0.0220. The quantitative estimate of drug-likeness (QED) is 0.783. The molecule has 7 heteroatoms. The number of nitrogens with zero attached hydrogens (tertiary/aromatic N) is 1. The Morgan fingerprint density at radius 1 is 1.39 bits per heavy atom. The van der Waals surface area contributed by atoms with Crippen LogP contribution in [0.25, 0.3) is 0 Å². The van der Waals surface area contributed by atoms with Gasteiger partial charge in [-0.15, -0.1) is 11.8 Å². The SMILES string of the molecule is O=C(CSC1CCS(=O)(=O)C1)N1CCC[C@@H]1CO. The number of sulfone groups is 1. The first-order valence-corrected chi connectivity index (χ1v) is 9.11. The van der Waals surface area contributed by atoms with Gasteiger partial charge >= 0.3 is 0 Å². The molecule has 0 bridgehead atoms. The number of thioether (sulfide) groups is 1. The number of rotatable bonds is 4. The summed E-state index contributed by atoms with van der Waals surface area (Å²) in [6.45, 7) is 0.738. The number of carbonyl (C=O) groups excluding carboxylic acids is 1. The average molecular weight is 293 g/mol. The molecule has 0 aromatic rings. The lowest BCUT2D eigenvalue weighted by molar-refractivity contribution is -0.129. The minimum atomic E-state index is -2.86. The fourth-order valence-corrected chi connectivity index (χ4v) is 6.05. The van der Waals surface area contributed by atoms with E-state index in [0.29, 0.717) is 18.7 Å². The molecule has 0 saturated carbocycles. The summed E-state index contributed by atoms with van der Waals surface area (Å²) in [6.07, 6.45) is 2.47. The van der Waals surface area contributed by atoms with Crippen LogP contribution >= 0.6 is 11.8 Å². The highest BCUT2D eigenvalue weighted by Gasteiger charge is 2.31. The molecule has 2 atom stereocenters. The Labute approximate surface area is 112 Å². The van der Waals surface area contributed by atoms with Gasteiger partial charge in [-0.05, 0) is 19.3 Å². The third kappa shape index (κ3) is 3.39. The van der Waals surface area contributed by atoms with Crippen LogP contribution in [0.5, 0.6) is 0 Å². The van der Waals surface area contributed by atoms with Crippen molar-refractivity contribution in [1.82, 2.24) is 4.90 Å². The smallest absolute Gasteiger partial charge is 0.232 e. The molecule has 2 rings (SSSR count). The molecule has 2 fully saturated rings. The molecule has 1 unspecified atom stereocenters. The Kier molecular flexibility index (Phi) is 4.55. The molecule has 104 valence electrons. The highest BCUT2D eigenvalue weighted by molar-refractivity contribution is 8.02. The molecule has 1 N–H and O–H groups in total. The van der Waals surface area contributed by atoms with Crippen LogP contribution in [0.1, 0.15) is 19.3 Å². The number of likely N-dealkylation sites (tertiary alicyclic amines) is 1. The lowest BCUT2D eigenvalue weighted by Crippen LogP contribution is -2.39. The van der Waals surface area contributed by atoms with E-state index in [1.807, 2.05) is 0 Å². The van der Waals surface area contributed by atoms with Gasteiger partial charge in [0.15, 0.2) is 9.84 Å². The highest BCUT2D eigenvalue weighted by Crippen LogP contribution is 2.25. The van der Waals surface area contributed by atoms with Crippen LogP contribution in [0.15, 0.2) is 0 Å². The van der Waals surface area contributed by atoms with E-state index in [1.165, 1.54) is 11.8 Å². The molecule has 5 nitrogen and oxygen atoms in total. The van der Waals surface area contributed by atoms with Crippen LogP contribution in [0.3, 0.4) is 0 Å². The van der Waals surface area contributed by atoms with Crippen molar-refractivity contribution in [3.8, 4) is 0 Å². The summed E-state index contributed by atoms with van der Waals surface area (Å²) < 4.78 is 22.6. The van der Waals surface area contributed by atoms with E-state index in [4.69, 9.17) is 5.11 Å². The fourth-order valence-electron chi connectivity index (χ4n) is 2.52. The lowest BCUT2D eigenvalue weighted by atomic mass is 10.2. The maximum Gasteiger partial charge on any atom is 0.232 e. The van der Waals surface area contributed by atoms with Gasteiger partial charge in [0.05, 0.1) is 29.9 Å². The number of hydrogen-bond acceptors (Lipinski definition) is 5. The van der Waals surface area contributed by atoms with Gasteiger partial charge in [0.2, 0.25) is 5.91 Å². The standard InChI is InChI=1S/C11H19NO4S2/c13-6-9-2-1-4-12(9)11(14)7-17-10-3-5-18(15,16)8-10/h9-10,13H,1-8H2/t9-,10?/m1/s1. The van der Waals surface area contributed by atoms with Gasteiger partial charge in [-0.2, -0.15) is 0 Å². The van der Waals surface area contributed by atoms with Gasteiger partial charge in [0.1, 0.15) is 0 Å². The molecule has 0 aromatic carbocycles. The van der Waals surface area contributed by atoms with Gasteiger partial charge < -0.3 is 10.0 Å². The molecule has 2 saturated heterocycles. The first kappa shape index (κ1) is 14.1. The van der Waals surface area contributed by atoms with Crippen LogP contribution in [-0.4, -0.2) is 66.0 Å². The van der Waals surface area contributed by atoms with E-state index < -0.39 is 9.84 Å². The van der Waals surface area contributed by atoms with E-state index in [2.05, 4.69) is 0 Å². The van der Waals surface area contributed by atoms with E-state index in [9.17, 15) is 13.2 Å². The molecule has 0 aromatic heterocycles. The highest BCUT2D eigenvalue weighted by atomic mass is 32.2. The van der Waals surface area contributed by atoms with E-state index >= 15 is 0 Å². The Hall–Kier alpha value is -0.270. The average Bonchev–Trinajstić information content (AvgIpc) is 2.92. The molecule has 1 amide bonds. The van der Waals surface area contributed by atoms with Crippen molar-refractivity contribution in [1.29, 1.82) is 0 Å². The van der Waals surface area contributed by atoms with Gasteiger partial charge in [0, 0.05) is 11.8 Å². The number of carbonyl (C=O) groups is 1. The minimum Gasteiger partial charge on any atom is -0.394 e. The Bertz CT molecular complexity index is 409. The normalized spacial score (nSPS) is 30.8. The molecule has 0 spiro atoms. The Morgan fingerprint density at radius 3 is 2.78 bits per heavy atom. The summed E-state index contributed by atoms with van der Waals surface area (Å²) in [6, 6.07) is -0.0367. The third-order valence-electron chi connectivity index (χ3n) is 3.54. The maximum absolute atomic E-state index is 12.0. The maximum atomic E-state index is 12.0. The van der Waals surface area contributed by atoms with Crippen LogP contribution in [-0.2, 0) is 14.6 Å². The zero-order valence-corrected chi connectivity index (χ0v) is 11.9. The molecule has 2 aliphatic rings. The van der Waals surface area contributed by atoms with Crippen molar-refractivity contribution >= 4 is 27.5 Å². The van der Waals surface area contributed by atoms with E-state index in [-0.39, 0.29) is 35.3 Å². The van der Waals surface area contributed by atoms with Crippen LogP contribution in [0, 0.1) is 0 Å². The molecule has 0 radical (unpaired) electrons. The second-order valence-electron chi connectivity index (χ2n) is 4.90. The van der Waals surface area contributed by atoms with Gasteiger partial charge in [-0.25, -0.2) is 8.42 Å². The van der Waals surface area contributed by atoms with Crippen molar-refractivity contribution in [3.05, 3.63) is 0 Å². The van der Waals surface area contributed by atoms with Crippen molar-refractivity contribution in [3.63, 3.8) is 0 Å². The third-order valence-corrected chi connectivity index (χ3v) is 6.81. The van der Waals surface area contributed by atoms with Gasteiger partial charge in [-0.3, -0.25) is 4.79 Å². The van der Waals surface area contributed by atoms with E-state index in [1.54, 1.807) is 4.90 Å². The first-order valence-electron chi connectivity index (χ1n) is 6.24. The van der Waals surface area contributed by atoms with Gasteiger partial charge in [0.25, 0.3) is 0 Å². The number of amides is 1. The zero-order valence-electron chi connectivity index (χ0n) is 10.2. The fraction of sp³-hybridized carbons (Fsp3) is 0.909. The van der Waals surface area contributed by atoms with Gasteiger partial charge in [-0.1, -0.05) is 0 Å². The predicted octanol–water partition coefficient (Wildman–Crippen LogP) is -0.110. The summed E-state index contributed by atoms with van der Waals surface area (Å²) in [7, 11) is -2.86. The summed E-state index contributed by atoms with van der Waals surface area (Å²) in [5.41, 5.74) is 0. The predicted molar refractivity (Wildman–Crippen MR) is 71.3 cm³/mol. The number of aliphatic hydroxyl groups excluding tert-OH is 1. The monoisotopic (exact) mass is 293 g/mol. The zero-order chi connectivity index (χ0) is 13.2. The van der Waals surface area contributed by atoms with Crippen LogP contribution in [0.2, 0.25) is 0 Å². The molecular weight excluding hydrogens is 274 g/mol. The van der Waals surface area contributed by atoms with Crippen LogP contribution in [0.4, 0.5) is 0 Å². The second kappa shape index (κ2) is 5.79. The summed E-state index contributed by atoms with van der Waals surface area (Å²) in [5, 5.41) is 9.22. The summed E-state index contributed by atoms with van der Waals surface area (Å²) in [5.74, 6) is 0.813. The topological polar surface area (TPSA) is 74.7 Å². The van der Waals surface area contributed by atoms with Crippen molar-refractivity contribution in [2.24, 2.45) is 0 Å². The summed E-state index contributed by atoms with van der Waals surface area (Å²) >= 11 is 1.44. The number of hydrogen-bond donors (Lipinski definition) is 1. The first-order chi connectivity index (χ1) is 8.52. The molecular formula is C11H19NO4S2. The van der Waals surface area contributed by atoms with Crippen molar-refractivity contribution < 1.29 is 18.3 Å². The molecule has 0 aliphatic carbocycles. The molecule has 2 heterocycles. The molecule has 18 heavy (non-hydrogen) atoms. The van der Waals surface area contributed by atoms with Crippen molar-refractivity contribution in [2.45, 2.75) is 30.6 Å². The Morgan fingerprint density at radius 2 is 2.17 bits per heavy atom.